The Hall–Kier alpha value is -1.46. The number of carbonyl (C=O) groups excluding carboxylic acids is 1. The van der Waals surface area contributed by atoms with Gasteiger partial charge in [-0.2, -0.15) is 0 Å². The quantitative estimate of drug-likeness (QED) is 0.888. The Morgan fingerprint density at radius 1 is 1.37 bits per heavy atom. The molecule has 5 heteroatoms. The van der Waals surface area contributed by atoms with E-state index >= 15 is 0 Å². The smallest absolute Gasteiger partial charge is 0.241 e. The second-order valence-electron chi connectivity index (χ2n) is 5.15. The lowest BCUT2D eigenvalue weighted by Gasteiger charge is -2.26. The number of likely N-dealkylation sites (N-methyl/N-ethyl adjacent to an activating group) is 1. The van der Waals surface area contributed by atoms with E-state index in [1.165, 1.54) is 6.07 Å². The largest absolute Gasteiger partial charge is 0.320 e. The zero-order valence-corrected chi connectivity index (χ0v) is 11.6. The molecule has 1 heterocycles. The third-order valence-corrected chi connectivity index (χ3v) is 3.36. The summed E-state index contributed by atoms with van der Waals surface area (Å²) in [5.74, 6) is -0.258. The summed E-state index contributed by atoms with van der Waals surface area (Å²) >= 11 is 0. The van der Waals surface area contributed by atoms with Crippen molar-refractivity contribution in [3.05, 3.63) is 35.6 Å². The third kappa shape index (κ3) is 2.93. The summed E-state index contributed by atoms with van der Waals surface area (Å²) in [6, 6.07) is 6.32. The SMILES string of the molecule is CC1NC(c2ccccc2F)N(CCN(C)C)C1=O. The van der Waals surface area contributed by atoms with Crippen molar-refractivity contribution in [2.75, 3.05) is 27.2 Å². The van der Waals surface area contributed by atoms with Crippen LogP contribution < -0.4 is 5.32 Å². The van der Waals surface area contributed by atoms with Crippen LogP contribution in [0, 0.1) is 5.82 Å². The number of nitrogens with zero attached hydrogens (tertiary/aromatic N) is 2. The van der Waals surface area contributed by atoms with E-state index < -0.39 is 0 Å². The molecule has 1 fully saturated rings. The Bertz CT molecular complexity index is 464. The molecule has 1 saturated heterocycles. The van der Waals surface area contributed by atoms with Crippen molar-refractivity contribution in [2.45, 2.75) is 19.1 Å². The first kappa shape index (κ1) is 14.0. The molecular formula is C14H20FN3O. The van der Waals surface area contributed by atoms with Gasteiger partial charge < -0.3 is 9.80 Å². The summed E-state index contributed by atoms with van der Waals surface area (Å²) in [5.41, 5.74) is 0.527. The molecule has 1 amide bonds. The monoisotopic (exact) mass is 265 g/mol. The molecule has 0 spiro atoms. The van der Waals surface area contributed by atoms with Crippen LogP contribution in [0.5, 0.6) is 0 Å². The van der Waals surface area contributed by atoms with Gasteiger partial charge in [0, 0.05) is 18.7 Å². The molecule has 0 aromatic heterocycles. The highest BCUT2D eigenvalue weighted by Crippen LogP contribution is 2.26. The van der Waals surface area contributed by atoms with Crippen LogP contribution in [0.4, 0.5) is 4.39 Å². The maximum Gasteiger partial charge on any atom is 0.241 e. The summed E-state index contributed by atoms with van der Waals surface area (Å²) in [6.45, 7) is 3.15. The van der Waals surface area contributed by atoms with Gasteiger partial charge in [-0.25, -0.2) is 4.39 Å². The summed E-state index contributed by atoms with van der Waals surface area (Å²) in [7, 11) is 3.91. The lowest BCUT2D eigenvalue weighted by atomic mass is 10.1. The van der Waals surface area contributed by atoms with E-state index in [2.05, 4.69) is 5.32 Å². The van der Waals surface area contributed by atoms with Gasteiger partial charge in [0.15, 0.2) is 0 Å². The minimum Gasteiger partial charge on any atom is -0.320 e. The molecule has 1 aliphatic heterocycles. The van der Waals surface area contributed by atoms with Crippen LogP contribution in [0.1, 0.15) is 18.7 Å². The second kappa shape index (κ2) is 5.67. The number of hydrogen-bond acceptors (Lipinski definition) is 3. The third-order valence-electron chi connectivity index (χ3n) is 3.36. The van der Waals surface area contributed by atoms with E-state index in [4.69, 9.17) is 0 Å². The van der Waals surface area contributed by atoms with Gasteiger partial charge in [0.05, 0.1) is 6.04 Å². The maximum absolute atomic E-state index is 13.9. The molecule has 0 bridgehead atoms. The number of nitrogens with one attached hydrogen (secondary N) is 1. The number of rotatable bonds is 4. The van der Waals surface area contributed by atoms with Gasteiger partial charge in [0.2, 0.25) is 5.91 Å². The normalized spacial score (nSPS) is 23.4. The second-order valence-corrected chi connectivity index (χ2v) is 5.15. The Kier molecular flexibility index (Phi) is 4.17. The van der Waals surface area contributed by atoms with Gasteiger partial charge in [-0.05, 0) is 27.1 Å². The molecular weight excluding hydrogens is 245 g/mol. The molecule has 1 aliphatic rings. The Labute approximate surface area is 113 Å². The molecule has 0 saturated carbocycles. The Balaban J connectivity index is 2.22. The number of benzene rings is 1. The van der Waals surface area contributed by atoms with Crippen LogP contribution in [0.15, 0.2) is 24.3 Å². The highest BCUT2D eigenvalue weighted by Gasteiger charge is 2.37. The Morgan fingerprint density at radius 2 is 2.05 bits per heavy atom. The van der Waals surface area contributed by atoms with Crippen LogP contribution in [-0.2, 0) is 4.79 Å². The highest BCUT2D eigenvalue weighted by atomic mass is 19.1. The lowest BCUT2D eigenvalue weighted by molar-refractivity contribution is -0.130. The topological polar surface area (TPSA) is 35.6 Å². The summed E-state index contributed by atoms with van der Waals surface area (Å²) < 4.78 is 13.9. The molecule has 1 N–H and O–H groups in total. The molecule has 4 nitrogen and oxygen atoms in total. The molecule has 2 unspecified atom stereocenters. The molecule has 0 radical (unpaired) electrons. The van der Waals surface area contributed by atoms with Crippen LogP contribution in [-0.4, -0.2) is 48.9 Å². The van der Waals surface area contributed by atoms with E-state index in [1.54, 1.807) is 23.1 Å². The molecule has 19 heavy (non-hydrogen) atoms. The van der Waals surface area contributed by atoms with Gasteiger partial charge >= 0.3 is 0 Å². The first-order valence-electron chi connectivity index (χ1n) is 6.46. The van der Waals surface area contributed by atoms with Crippen molar-refractivity contribution in [1.29, 1.82) is 0 Å². The van der Waals surface area contributed by atoms with E-state index in [-0.39, 0.29) is 23.9 Å². The number of hydrogen-bond donors (Lipinski definition) is 1. The van der Waals surface area contributed by atoms with Gasteiger partial charge in [-0.15, -0.1) is 0 Å². The maximum atomic E-state index is 13.9. The fourth-order valence-corrected chi connectivity index (χ4v) is 2.28. The van der Waals surface area contributed by atoms with Crippen molar-refractivity contribution in [3.63, 3.8) is 0 Å². The number of carbonyl (C=O) groups is 1. The average Bonchev–Trinajstić information content (AvgIpc) is 2.64. The number of amides is 1. The predicted octanol–water partition coefficient (Wildman–Crippen LogP) is 1.21. The minimum absolute atomic E-state index is 0.0232. The Morgan fingerprint density at radius 3 is 2.68 bits per heavy atom. The van der Waals surface area contributed by atoms with Gasteiger partial charge in [0.25, 0.3) is 0 Å². The van der Waals surface area contributed by atoms with Crippen molar-refractivity contribution < 1.29 is 9.18 Å². The van der Waals surface area contributed by atoms with Crippen LogP contribution in [0.25, 0.3) is 0 Å². The predicted molar refractivity (Wildman–Crippen MR) is 72.0 cm³/mol. The molecule has 1 aromatic carbocycles. The van der Waals surface area contributed by atoms with Crippen LogP contribution in [0.2, 0.25) is 0 Å². The van der Waals surface area contributed by atoms with Crippen LogP contribution in [0.3, 0.4) is 0 Å². The van der Waals surface area contributed by atoms with Crippen LogP contribution >= 0.6 is 0 Å². The van der Waals surface area contributed by atoms with Crippen molar-refractivity contribution in [2.24, 2.45) is 0 Å². The highest BCUT2D eigenvalue weighted by molar-refractivity contribution is 5.84. The fourth-order valence-electron chi connectivity index (χ4n) is 2.28. The van der Waals surface area contributed by atoms with Gasteiger partial charge in [-0.1, -0.05) is 18.2 Å². The van der Waals surface area contributed by atoms with E-state index in [0.29, 0.717) is 12.1 Å². The summed E-state index contributed by atoms with van der Waals surface area (Å²) in [4.78, 5) is 15.9. The van der Waals surface area contributed by atoms with Crippen molar-refractivity contribution in [3.8, 4) is 0 Å². The zero-order chi connectivity index (χ0) is 14.0. The van der Waals surface area contributed by atoms with Crippen molar-refractivity contribution in [1.82, 2.24) is 15.1 Å². The molecule has 1 aromatic rings. The summed E-state index contributed by atoms with van der Waals surface area (Å²) in [6.07, 6.45) is -0.372. The van der Waals surface area contributed by atoms with E-state index in [0.717, 1.165) is 6.54 Å². The molecule has 2 atom stereocenters. The minimum atomic E-state index is -0.372. The van der Waals surface area contributed by atoms with E-state index in [1.807, 2.05) is 25.9 Å². The molecule has 104 valence electrons. The average molecular weight is 265 g/mol. The van der Waals surface area contributed by atoms with Crippen molar-refractivity contribution >= 4 is 5.91 Å². The van der Waals surface area contributed by atoms with Gasteiger partial charge in [-0.3, -0.25) is 10.1 Å². The fraction of sp³-hybridized carbons (Fsp3) is 0.500. The van der Waals surface area contributed by atoms with Gasteiger partial charge in [0.1, 0.15) is 12.0 Å². The zero-order valence-electron chi connectivity index (χ0n) is 11.6. The standard InChI is InChI=1S/C14H20FN3O/c1-10-14(19)18(9-8-17(2)3)13(16-10)11-6-4-5-7-12(11)15/h4-7,10,13,16H,8-9H2,1-3H3. The molecule has 2 rings (SSSR count). The first-order chi connectivity index (χ1) is 9.00. The lowest BCUT2D eigenvalue weighted by Crippen LogP contribution is -2.36. The summed E-state index contributed by atoms with van der Waals surface area (Å²) in [5, 5.41) is 3.15. The molecule has 0 aliphatic carbocycles. The number of halogens is 1. The first-order valence-corrected chi connectivity index (χ1v) is 6.46. The van der Waals surface area contributed by atoms with E-state index in [9.17, 15) is 9.18 Å².